The molecule has 20 heavy (non-hydrogen) atoms. The van der Waals surface area contributed by atoms with Crippen LogP contribution >= 0.6 is 0 Å². The molecule has 1 saturated carbocycles. The van der Waals surface area contributed by atoms with Crippen LogP contribution in [-0.4, -0.2) is 34.2 Å². The summed E-state index contributed by atoms with van der Waals surface area (Å²) in [5.41, 5.74) is 2.11. The van der Waals surface area contributed by atoms with E-state index < -0.39 is 10.0 Å². The van der Waals surface area contributed by atoms with Crippen LogP contribution in [0.15, 0.2) is 23.1 Å². The van der Waals surface area contributed by atoms with Crippen molar-refractivity contribution >= 4 is 15.7 Å². The lowest BCUT2D eigenvalue weighted by Gasteiger charge is -2.19. The Kier molecular flexibility index (Phi) is 3.70. The Hall–Kier alpha value is -1.11. The normalized spacial score (nSPS) is 25.4. The average molecular weight is 296 g/mol. The SMILES string of the molecule is COC1CCCC1NS(=O)(=O)c1ccc2c(c1)CCN2. The van der Waals surface area contributed by atoms with Crippen molar-refractivity contribution in [3.8, 4) is 0 Å². The van der Waals surface area contributed by atoms with Crippen molar-refractivity contribution in [2.75, 3.05) is 19.0 Å². The first-order valence-corrected chi connectivity index (χ1v) is 8.50. The highest BCUT2D eigenvalue weighted by Crippen LogP contribution is 2.27. The van der Waals surface area contributed by atoms with Crippen LogP contribution in [0.4, 0.5) is 5.69 Å². The molecule has 1 heterocycles. The molecule has 5 nitrogen and oxygen atoms in total. The molecule has 2 unspecified atom stereocenters. The Morgan fingerprint density at radius 3 is 3.00 bits per heavy atom. The first kappa shape index (κ1) is 13.9. The minimum Gasteiger partial charge on any atom is -0.384 e. The Bertz CT molecular complexity index is 600. The third-order valence-electron chi connectivity index (χ3n) is 4.16. The number of benzene rings is 1. The molecular weight excluding hydrogens is 276 g/mol. The van der Waals surface area contributed by atoms with E-state index in [0.717, 1.165) is 43.5 Å². The molecular formula is C14H20N2O3S. The van der Waals surface area contributed by atoms with Crippen LogP contribution in [0.25, 0.3) is 0 Å². The number of hydrogen-bond donors (Lipinski definition) is 2. The Morgan fingerprint density at radius 1 is 1.35 bits per heavy atom. The van der Waals surface area contributed by atoms with Gasteiger partial charge in [0.2, 0.25) is 10.0 Å². The molecule has 6 heteroatoms. The molecule has 0 saturated heterocycles. The summed E-state index contributed by atoms with van der Waals surface area (Å²) in [5.74, 6) is 0. The van der Waals surface area contributed by atoms with Gasteiger partial charge in [0.25, 0.3) is 0 Å². The lowest BCUT2D eigenvalue weighted by molar-refractivity contribution is 0.0916. The monoisotopic (exact) mass is 296 g/mol. The van der Waals surface area contributed by atoms with E-state index in [0.29, 0.717) is 4.90 Å². The van der Waals surface area contributed by atoms with E-state index in [9.17, 15) is 8.42 Å². The van der Waals surface area contributed by atoms with Gasteiger partial charge in [-0.25, -0.2) is 13.1 Å². The maximum absolute atomic E-state index is 12.5. The van der Waals surface area contributed by atoms with Crippen LogP contribution in [0.5, 0.6) is 0 Å². The van der Waals surface area contributed by atoms with Crippen molar-refractivity contribution in [3.63, 3.8) is 0 Å². The topological polar surface area (TPSA) is 67.4 Å². The maximum atomic E-state index is 12.5. The second kappa shape index (κ2) is 5.35. The molecule has 1 aromatic carbocycles. The summed E-state index contributed by atoms with van der Waals surface area (Å²) in [6.07, 6.45) is 3.62. The van der Waals surface area contributed by atoms with Gasteiger partial charge in [0.1, 0.15) is 0 Å². The van der Waals surface area contributed by atoms with Gasteiger partial charge in [-0.2, -0.15) is 0 Å². The number of ether oxygens (including phenoxy) is 1. The van der Waals surface area contributed by atoms with E-state index in [2.05, 4.69) is 10.0 Å². The summed E-state index contributed by atoms with van der Waals surface area (Å²) in [4.78, 5) is 0.349. The lowest BCUT2D eigenvalue weighted by atomic mass is 10.2. The third kappa shape index (κ3) is 2.55. The summed E-state index contributed by atoms with van der Waals surface area (Å²) in [6.45, 7) is 0.876. The average Bonchev–Trinajstić information content (AvgIpc) is 3.05. The first-order valence-electron chi connectivity index (χ1n) is 7.02. The summed E-state index contributed by atoms with van der Waals surface area (Å²) in [5, 5.41) is 3.23. The van der Waals surface area contributed by atoms with Crippen LogP contribution in [0.3, 0.4) is 0 Å². The second-order valence-electron chi connectivity index (χ2n) is 5.43. The fourth-order valence-corrected chi connectivity index (χ4v) is 4.41. The smallest absolute Gasteiger partial charge is 0.240 e. The van der Waals surface area contributed by atoms with Gasteiger partial charge in [0.05, 0.1) is 11.0 Å². The predicted octanol–water partition coefficient (Wildman–Crippen LogP) is 1.50. The van der Waals surface area contributed by atoms with Gasteiger partial charge in [-0.05, 0) is 49.4 Å². The highest BCUT2D eigenvalue weighted by molar-refractivity contribution is 7.89. The van der Waals surface area contributed by atoms with E-state index in [1.807, 2.05) is 6.07 Å². The fraction of sp³-hybridized carbons (Fsp3) is 0.571. The van der Waals surface area contributed by atoms with Crippen molar-refractivity contribution in [2.45, 2.75) is 42.7 Å². The van der Waals surface area contributed by atoms with E-state index in [4.69, 9.17) is 4.74 Å². The molecule has 1 aliphatic heterocycles. The predicted molar refractivity (Wildman–Crippen MR) is 77.4 cm³/mol. The third-order valence-corrected chi connectivity index (χ3v) is 5.65. The molecule has 1 fully saturated rings. The van der Waals surface area contributed by atoms with Crippen molar-refractivity contribution in [1.82, 2.24) is 4.72 Å². The van der Waals surface area contributed by atoms with E-state index >= 15 is 0 Å². The number of sulfonamides is 1. The lowest BCUT2D eigenvalue weighted by Crippen LogP contribution is -2.40. The number of anilines is 1. The van der Waals surface area contributed by atoms with Gasteiger partial charge in [0.15, 0.2) is 0 Å². The van der Waals surface area contributed by atoms with Crippen LogP contribution in [0.1, 0.15) is 24.8 Å². The van der Waals surface area contributed by atoms with Crippen LogP contribution in [0.2, 0.25) is 0 Å². The number of methoxy groups -OCH3 is 1. The van der Waals surface area contributed by atoms with E-state index in [-0.39, 0.29) is 12.1 Å². The Balaban J connectivity index is 1.81. The van der Waals surface area contributed by atoms with Crippen LogP contribution < -0.4 is 10.0 Å². The molecule has 1 aromatic rings. The fourth-order valence-electron chi connectivity index (χ4n) is 3.06. The standard InChI is InChI=1S/C14H20N2O3S/c1-19-14-4-2-3-13(14)16-20(17,18)11-5-6-12-10(9-11)7-8-15-12/h5-6,9,13-16H,2-4,7-8H2,1H3. The van der Waals surface area contributed by atoms with Gasteiger partial charge in [0, 0.05) is 25.4 Å². The van der Waals surface area contributed by atoms with Gasteiger partial charge < -0.3 is 10.1 Å². The zero-order valence-corrected chi connectivity index (χ0v) is 12.4. The largest absolute Gasteiger partial charge is 0.384 e. The Morgan fingerprint density at radius 2 is 2.20 bits per heavy atom. The molecule has 0 aromatic heterocycles. The molecule has 110 valence electrons. The first-order chi connectivity index (χ1) is 9.60. The quantitative estimate of drug-likeness (QED) is 0.883. The second-order valence-corrected chi connectivity index (χ2v) is 7.14. The van der Waals surface area contributed by atoms with Crippen LogP contribution in [0, 0.1) is 0 Å². The molecule has 1 aliphatic carbocycles. The zero-order valence-electron chi connectivity index (χ0n) is 11.6. The van der Waals surface area contributed by atoms with Gasteiger partial charge in [-0.1, -0.05) is 0 Å². The summed E-state index contributed by atoms with van der Waals surface area (Å²) in [6, 6.07) is 5.17. The van der Waals surface area contributed by atoms with E-state index in [1.54, 1.807) is 19.2 Å². The molecule has 2 N–H and O–H groups in total. The van der Waals surface area contributed by atoms with Gasteiger partial charge in [-0.3, -0.25) is 0 Å². The summed E-state index contributed by atoms with van der Waals surface area (Å²) >= 11 is 0. The van der Waals surface area contributed by atoms with Crippen molar-refractivity contribution in [1.29, 1.82) is 0 Å². The van der Waals surface area contributed by atoms with Gasteiger partial charge >= 0.3 is 0 Å². The number of rotatable bonds is 4. The van der Waals surface area contributed by atoms with E-state index in [1.165, 1.54) is 0 Å². The minimum atomic E-state index is -3.47. The van der Waals surface area contributed by atoms with Crippen molar-refractivity contribution in [2.24, 2.45) is 0 Å². The van der Waals surface area contributed by atoms with Gasteiger partial charge in [-0.15, -0.1) is 0 Å². The van der Waals surface area contributed by atoms with Crippen molar-refractivity contribution in [3.05, 3.63) is 23.8 Å². The number of nitrogens with one attached hydrogen (secondary N) is 2. The molecule has 2 atom stereocenters. The minimum absolute atomic E-state index is 0.0131. The molecule has 0 spiro atoms. The Labute approximate surface area is 119 Å². The highest BCUT2D eigenvalue weighted by Gasteiger charge is 2.31. The number of fused-ring (bicyclic) bond motifs is 1. The highest BCUT2D eigenvalue weighted by atomic mass is 32.2. The summed E-state index contributed by atoms with van der Waals surface area (Å²) in [7, 11) is -1.83. The summed E-state index contributed by atoms with van der Waals surface area (Å²) < 4.78 is 33.1. The number of hydrogen-bond acceptors (Lipinski definition) is 4. The molecule has 0 amide bonds. The maximum Gasteiger partial charge on any atom is 0.240 e. The molecule has 2 aliphatic rings. The zero-order chi connectivity index (χ0) is 14.2. The van der Waals surface area contributed by atoms with Crippen LogP contribution in [-0.2, 0) is 21.2 Å². The van der Waals surface area contributed by atoms with Crippen molar-refractivity contribution < 1.29 is 13.2 Å². The molecule has 0 radical (unpaired) electrons. The molecule has 0 bridgehead atoms. The molecule has 3 rings (SSSR count).